The van der Waals surface area contributed by atoms with Gasteiger partial charge in [0.1, 0.15) is 6.07 Å². The lowest BCUT2D eigenvalue weighted by atomic mass is 9.93. The summed E-state index contributed by atoms with van der Waals surface area (Å²) in [4.78, 5) is 33.5. The maximum atomic E-state index is 14.3. The number of halogens is 3. The van der Waals surface area contributed by atoms with Gasteiger partial charge in [-0.3, -0.25) is 9.59 Å². The van der Waals surface area contributed by atoms with Crippen LogP contribution in [0.2, 0.25) is 0 Å². The zero-order valence-electron chi connectivity index (χ0n) is 26.3. The molecule has 6 rings (SSSR count). The second kappa shape index (κ2) is 13.5. The molecule has 0 bridgehead atoms. The lowest BCUT2D eigenvalue weighted by molar-refractivity contribution is -0.137. The van der Waals surface area contributed by atoms with Crippen LogP contribution in [0.15, 0.2) is 73.2 Å². The summed E-state index contributed by atoms with van der Waals surface area (Å²) in [5, 5.41) is 16.3. The van der Waals surface area contributed by atoms with Crippen LogP contribution >= 0.6 is 0 Å². The summed E-state index contributed by atoms with van der Waals surface area (Å²) in [7, 11) is 3.36. The molecule has 0 spiro atoms. The summed E-state index contributed by atoms with van der Waals surface area (Å²) in [5.41, 5.74) is 1.25. The Morgan fingerprint density at radius 3 is 2.65 bits per heavy atom. The SMILES string of the molecule is CO[C@H]1CC[C@H](NC/C=C/C(=O)Nc2ccc(C(=O)c3c[nH]c4c(-c5cc6ncn(C)c6cc5C(F)(F)F)cccc34)cc2C#N)CC1. The predicted molar refractivity (Wildman–Crippen MR) is 176 cm³/mol. The number of hydrogen-bond acceptors (Lipinski definition) is 6. The van der Waals surface area contributed by atoms with Gasteiger partial charge >= 0.3 is 6.18 Å². The minimum atomic E-state index is -4.64. The van der Waals surface area contributed by atoms with Crippen LogP contribution in [-0.4, -0.2) is 52.0 Å². The standard InChI is InChI=1S/C36H33F3N6O3/c1-45-20-43-31-16-27(29(17-32(31)45)36(37,38)39)25-5-3-6-26-28(19-42-34(25)26)35(47)21-8-13-30(22(15-21)18-40)44-33(46)7-4-14-41-23-9-11-24(48-2)12-10-23/h3-8,13,15-17,19-20,23-24,41-42H,9-12,14H2,1-2H3,(H,44,46)/b7-4+/t23-,24-. The van der Waals surface area contributed by atoms with Gasteiger partial charge in [-0.25, -0.2) is 4.98 Å². The molecule has 1 fully saturated rings. The number of carbonyl (C=O) groups is 2. The Labute approximate surface area is 274 Å². The Morgan fingerprint density at radius 2 is 1.92 bits per heavy atom. The molecular weight excluding hydrogens is 621 g/mol. The molecule has 5 aromatic rings. The largest absolute Gasteiger partial charge is 0.417 e. The Balaban J connectivity index is 1.20. The number of fused-ring (bicyclic) bond motifs is 2. The van der Waals surface area contributed by atoms with E-state index in [0.29, 0.717) is 40.6 Å². The van der Waals surface area contributed by atoms with Gasteiger partial charge in [0.15, 0.2) is 5.78 Å². The zero-order valence-corrected chi connectivity index (χ0v) is 26.3. The third-order valence-electron chi connectivity index (χ3n) is 8.88. The molecule has 9 nitrogen and oxygen atoms in total. The van der Waals surface area contributed by atoms with Gasteiger partial charge in [0.05, 0.1) is 45.8 Å². The first kappa shape index (κ1) is 32.7. The maximum absolute atomic E-state index is 14.3. The van der Waals surface area contributed by atoms with Crippen LogP contribution in [0.25, 0.3) is 33.1 Å². The molecule has 0 unspecified atom stereocenters. The number of methoxy groups -OCH3 is 1. The highest BCUT2D eigenvalue weighted by Crippen LogP contribution is 2.41. The normalized spacial score (nSPS) is 16.8. The molecule has 2 heterocycles. The molecule has 0 radical (unpaired) electrons. The van der Waals surface area contributed by atoms with Crippen molar-refractivity contribution in [2.45, 2.75) is 44.0 Å². The van der Waals surface area contributed by atoms with Crippen molar-refractivity contribution in [3.05, 3.63) is 95.5 Å². The van der Waals surface area contributed by atoms with Gasteiger partial charge in [-0.05, 0) is 61.6 Å². The molecule has 1 aliphatic carbocycles. The fourth-order valence-corrected chi connectivity index (χ4v) is 6.32. The molecule has 0 saturated heterocycles. The third kappa shape index (κ3) is 6.60. The first-order chi connectivity index (χ1) is 23.1. The van der Waals surface area contributed by atoms with Crippen LogP contribution in [0.3, 0.4) is 0 Å². The number of aromatic amines is 1. The lowest BCUT2D eigenvalue weighted by Gasteiger charge is -2.27. The number of aryl methyl sites for hydroxylation is 1. The van der Waals surface area contributed by atoms with Gasteiger partial charge < -0.3 is 24.9 Å². The predicted octanol–water partition coefficient (Wildman–Crippen LogP) is 6.88. The highest BCUT2D eigenvalue weighted by molar-refractivity contribution is 6.18. The number of nitriles is 1. The number of rotatable bonds is 9. The fourth-order valence-electron chi connectivity index (χ4n) is 6.32. The summed E-state index contributed by atoms with van der Waals surface area (Å²) >= 11 is 0. The van der Waals surface area contributed by atoms with Gasteiger partial charge in [-0.1, -0.05) is 24.3 Å². The number of nitrogens with zero attached hydrogens (tertiary/aromatic N) is 3. The Bertz CT molecular complexity index is 2080. The Morgan fingerprint density at radius 1 is 1.12 bits per heavy atom. The van der Waals surface area contributed by atoms with Crippen molar-refractivity contribution < 1.29 is 27.5 Å². The van der Waals surface area contributed by atoms with Crippen LogP contribution in [0, 0.1) is 11.3 Å². The van der Waals surface area contributed by atoms with Crippen LogP contribution in [-0.2, 0) is 22.8 Å². The molecule has 1 aliphatic rings. The van der Waals surface area contributed by atoms with Crippen molar-refractivity contribution >= 4 is 39.3 Å². The van der Waals surface area contributed by atoms with E-state index in [1.807, 2.05) is 6.07 Å². The number of imidazole rings is 1. The van der Waals surface area contributed by atoms with Crippen LogP contribution in [0.5, 0.6) is 0 Å². The van der Waals surface area contributed by atoms with Gasteiger partial charge in [-0.15, -0.1) is 0 Å². The maximum Gasteiger partial charge on any atom is 0.417 e. The average Bonchev–Trinajstić information content (AvgIpc) is 3.69. The third-order valence-corrected chi connectivity index (χ3v) is 8.88. The summed E-state index contributed by atoms with van der Waals surface area (Å²) < 4.78 is 49.7. The summed E-state index contributed by atoms with van der Waals surface area (Å²) in [5.74, 6) is -0.851. The number of H-pyrrole nitrogens is 1. The second-order valence-electron chi connectivity index (χ2n) is 11.9. The van der Waals surface area contributed by atoms with E-state index >= 15 is 0 Å². The minimum absolute atomic E-state index is 0.0638. The van der Waals surface area contributed by atoms with Crippen LogP contribution in [0.4, 0.5) is 18.9 Å². The van der Waals surface area contributed by atoms with E-state index in [1.165, 1.54) is 47.4 Å². The topological polar surface area (TPSA) is 125 Å². The van der Waals surface area contributed by atoms with E-state index in [4.69, 9.17) is 4.74 Å². The number of ether oxygens (including phenoxy) is 1. The number of amides is 1. The zero-order chi connectivity index (χ0) is 34.0. The van der Waals surface area contributed by atoms with Gasteiger partial charge in [0, 0.05) is 61.1 Å². The Kier molecular flexibility index (Phi) is 9.17. The molecule has 1 saturated carbocycles. The number of carbonyl (C=O) groups excluding carboxylic acids is 2. The van der Waals surface area contributed by atoms with Crippen molar-refractivity contribution in [1.82, 2.24) is 19.9 Å². The first-order valence-electron chi connectivity index (χ1n) is 15.5. The van der Waals surface area contributed by atoms with E-state index in [2.05, 4.69) is 20.6 Å². The summed E-state index contributed by atoms with van der Waals surface area (Å²) in [6.07, 6.45) is 5.72. The molecule has 3 aromatic carbocycles. The van der Waals surface area contributed by atoms with Crippen molar-refractivity contribution in [2.24, 2.45) is 7.05 Å². The molecule has 1 amide bonds. The van der Waals surface area contributed by atoms with Gasteiger partial charge in [0.2, 0.25) is 5.91 Å². The van der Waals surface area contributed by atoms with E-state index in [9.17, 15) is 28.0 Å². The van der Waals surface area contributed by atoms with E-state index in [0.717, 1.165) is 31.7 Å². The second-order valence-corrected chi connectivity index (χ2v) is 11.9. The number of hydrogen-bond donors (Lipinski definition) is 3. The number of nitrogens with one attached hydrogen (secondary N) is 3. The van der Waals surface area contributed by atoms with E-state index < -0.39 is 23.4 Å². The fraction of sp³-hybridized carbons (Fsp3) is 0.278. The molecule has 48 heavy (non-hydrogen) atoms. The quantitative estimate of drug-likeness (QED) is 0.118. The smallest absolute Gasteiger partial charge is 0.381 e. The molecule has 3 N–H and O–H groups in total. The van der Waals surface area contributed by atoms with Gasteiger partial charge in [-0.2, -0.15) is 18.4 Å². The number of anilines is 1. The van der Waals surface area contributed by atoms with Crippen molar-refractivity contribution in [3.63, 3.8) is 0 Å². The van der Waals surface area contributed by atoms with Crippen LogP contribution < -0.4 is 10.6 Å². The van der Waals surface area contributed by atoms with Crippen LogP contribution in [0.1, 0.15) is 52.7 Å². The number of ketones is 1. The van der Waals surface area contributed by atoms with Gasteiger partial charge in [0.25, 0.3) is 0 Å². The number of alkyl halides is 3. The molecule has 2 aromatic heterocycles. The molecule has 12 heteroatoms. The molecular formula is C36H33F3N6O3. The lowest BCUT2D eigenvalue weighted by Crippen LogP contribution is -2.35. The highest BCUT2D eigenvalue weighted by atomic mass is 19.4. The average molecular weight is 655 g/mol. The summed E-state index contributed by atoms with van der Waals surface area (Å²) in [6.45, 7) is 0.524. The monoisotopic (exact) mass is 654 g/mol. The Hall–Kier alpha value is -5.25. The van der Waals surface area contributed by atoms with Crippen molar-refractivity contribution in [1.29, 1.82) is 5.26 Å². The minimum Gasteiger partial charge on any atom is -0.381 e. The summed E-state index contributed by atoms with van der Waals surface area (Å²) in [6, 6.07) is 14.1. The number of benzene rings is 3. The number of para-hydroxylation sites is 1. The molecule has 0 atom stereocenters. The van der Waals surface area contributed by atoms with E-state index in [-0.39, 0.29) is 33.5 Å². The van der Waals surface area contributed by atoms with Crippen molar-refractivity contribution in [3.8, 4) is 17.2 Å². The van der Waals surface area contributed by atoms with E-state index in [1.54, 1.807) is 38.4 Å². The highest BCUT2D eigenvalue weighted by Gasteiger charge is 2.35. The molecule has 246 valence electrons. The number of aromatic nitrogens is 3. The molecule has 0 aliphatic heterocycles. The first-order valence-corrected chi connectivity index (χ1v) is 15.5. The van der Waals surface area contributed by atoms with Crippen molar-refractivity contribution in [2.75, 3.05) is 19.0 Å².